The molecule has 1 saturated heterocycles. The third-order valence-electron chi connectivity index (χ3n) is 2.98. The first-order valence-electron chi connectivity index (χ1n) is 5.74. The molecule has 2 rings (SSSR count). The number of rotatable bonds is 3. The number of nitrogens with one attached hydrogen (secondary N) is 1. The molecule has 0 spiro atoms. The minimum absolute atomic E-state index is 1.02. The van der Waals surface area contributed by atoms with Gasteiger partial charge in [0.15, 0.2) is 0 Å². The summed E-state index contributed by atoms with van der Waals surface area (Å²) in [6.07, 6.45) is 1.02. The molecule has 0 saturated carbocycles. The monoisotopic (exact) mass is 208 g/mol. The van der Waals surface area contributed by atoms with Crippen LogP contribution in [0.2, 0.25) is 0 Å². The Kier molecular flexibility index (Phi) is 3.38. The highest BCUT2D eigenvalue weighted by Gasteiger charge is 2.12. The highest BCUT2D eigenvalue weighted by Crippen LogP contribution is 2.07. The van der Waals surface area contributed by atoms with Crippen LogP contribution in [0.1, 0.15) is 18.3 Å². The topological polar surface area (TPSA) is 33.1 Å². The summed E-state index contributed by atoms with van der Waals surface area (Å²) in [4.78, 5) is 2.48. The summed E-state index contributed by atoms with van der Waals surface area (Å²) in [5.41, 5.74) is 2.52. The van der Waals surface area contributed by atoms with E-state index in [2.05, 4.69) is 28.3 Å². The summed E-state index contributed by atoms with van der Waals surface area (Å²) in [7, 11) is 2.04. The van der Waals surface area contributed by atoms with E-state index in [-0.39, 0.29) is 0 Å². The van der Waals surface area contributed by atoms with E-state index in [4.69, 9.17) is 0 Å². The zero-order chi connectivity index (χ0) is 10.7. The van der Waals surface area contributed by atoms with Crippen LogP contribution < -0.4 is 5.32 Å². The Morgan fingerprint density at radius 3 is 2.73 bits per heavy atom. The number of hydrogen-bond acceptors (Lipinski definition) is 3. The Morgan fingerprint density at radius 2 is 2.13 bits per heavy atom. The lowest BCUT2D eigenvalue weighted by Gasteiger charge is -2.26. The van der Waals surface area contributed by atoms with Crippen molar-refractivity contribution in [1.82, 2.24) is 20.0 Å². The summed E-state index contributed by atoms with van der Waals surface area (Å²) < 4.78 is 2.01. The van der Waals surface area contributed by atoms with Crippen LogP contribution in [0.15, 0.2) is 6.07 Å². The second-order valence-corrected chi connectivity index (χ2v) is 4.13. The number of aryl methyl sites for hydroxylation is 2. The second-order valence-electron chi connectivity index (χ2n) is 4.13. The minimum Gasteiger partial charge on any atom is -0.314 e. The van der Waals surface area contributed by atoms with Crippen LogP contribution in [0.25, 0.3) is 0 Å². The van der Waals surface area contributed by atoms with Gasteiger partial charge in [-0.1, -0.05) is 6.92 Å². The first-order valence-corrected chi connectivity index (χ1v) is 5.74. The van der Waals surface area contributed by atoms with Crippen molar-refractivity contribution in [2.24, 2.45) is 7.05 Å². The van der Waals surface area contributed by atoms with Crippen molar-refractivity contribution in [2.75, 3.05) is 26.2 Å². The third kappa shape index (κ3) is 2.58. The van der Waals surface area contributed by atoms with Crippen LogP contribution >= 0.6 is 0 Å². The number of aromatic nitrogens is 2. The van der Waals surface area contributed by atoms with Gasteiger partial charge in [-0.3, -0.25) is 9.58 Å². The Bertz CT molecular complexity index is 312. The molecular formula is C11H20N4. The van der Waals surface area contributed by atoms with Crippen molar-refractivity contribution in [3.8, 4) is 0 Å². The quantitative estimate of drug-likeness (QED) is 0.780. The zero-order valence-corrected chi connectivity index (χ0v) is 9.66. The highest BCUT2D eigenvalue weighted by atomic mass is 15.3. The first-order chi connectivity index (χ1) is 7.29. The maximum absolute atomic E-state index is 4.47. The largest absolute Gasteiger partial charge is 0.314 e. The fourth-order valence-corrected chi connectivity index (χ4v) is 1.99. The van der Waals surface area contributed by atoms with Crippen molar-refractivity contribution in [3.63, 3.8) is 0 Å². The van der Waals surface area contributed by atoms with E-state index in [1.54, 1.807) is 0 Å². The molecular weight excluding hydrogens is 188 g/mol. The predicted octanol–water partition coefficient (Wildman–Crippen LogP) is 0.388. The lowest BCUT2D eigenvalue weighted by Crippen LogP contribution is -2.43. The molecule has 0 aromatic carbocycles. The van der Waals surface area contributed by atoms with Gasteiger partial charge in [-0.15, -0.1) is 0 Å². The summed E-state index contributed by atoms with van der Waals surface area (Å²) in [5, 5.41) is 7.84. The Hall–Kier alpha value is -0.870. The predicted molar refractivity (Wildman–Crippen MR) is 60.7 cm³/mol. The average Bonchev–Trinajstić information content (AvgIpc) is 2.61. The van der Waals surface area contributed by atoms with E-state index in [1.807, 2.05) is 11.7 Å². The Balaban J connectivity index is 1.99. The molecule has 4 heteroatoms. The summed E-state index contributed by atoms with van der Waals surface area (Å²) >= 11 is 0. The van der Waals surface area contributed by atoms with E-state index in [0.29, 0.717) is 0 Å². The summed E-state index contributed by atoms with van der Waals surface area (Å²) in [6, 6.07) is 2.22. The van der Waals surface area contributed by atoms with Crippen molar-refractivity contribution in [3.05, 3.63) is 17.5 Å². The molecule has 1 aromatic rings. The third-order valence-corrected chi connectivity index (χ3v) is 2.98. The van der Waals surface area contributed by atoms with Crippen molar-refractivity contribution in [2.45, 2.75) is 19.9 Å². The van der Waals surface area contributed by atoms with Crippen LogP contribution in [0.4, 0.5) is 0 Å². The van der Waals surface area contributed by atoms with Crippen LogP contribution in [0, 0.1) is 0 Å². The lowest BCUT2D eigenvalue weighted by atomic mass is 10.2. The summed E-state index contributed by atoms with van der Waals surface area (Å²) in [6.45, 7) is 7.69. The fourth-order valence-electron chi connectivity index (χ4n) is 1.99. The van der Waals surface area contributed by atoms with Crippen LogP contribution in [-0.2, 0) is 20.0 Å². The molecule has 0 unspecified atom stereocenters. The smallest absolute Gasteiger partial charge is 0.0625 e. The number of hydrogen-bond donors (Lipinski definition) is 1. The van der Waals surface area contributed by atoms with E-state index in [1.165, 1.54) is 11.4 Å². The molecule has 0 aliphatic carbocycles. The van der Waals surface area contributed by atoms with Crippen LogP contribution in [0.5, 0.6) is 0 Å². The van der Waals surface area contributed by atoms with Gasteiger partial charge < -0.3 is 5.32 Å². The molecule has 15 heavy (non-hydrogen) atoms. The molecule has 84 valence electrons. The zero-order valence-electron chi connectivity index (χ0n) is 9.66. The average molecular weight is 208 g/mol. The fraction of sp³-hybridized carbons (Fsp3) is 0.727. The standard InChI is InChI=1S/C11H20N4/c1-3-10-8-11(14(2)13-10)9-15-6-4-12-5-7-15/h8,12H,3-7,9H2,1-2H3. The van der Waals surface area contributed by atoms with Gasteiger partial charge in [0, 0.05) is 39.8 Å². The van der Waals surface area contributed by atoms with Gasteiger partial charge in [0.05, 0.1) is 11.4 Å². The molecule has 4 nitrogen and oxygen atoms in total. The number of nitrogens with zero attached hydrogens (tertiary/aromatic N) is 3. The molecule has 1 N–H and O–H groups in total. The van der Waals surface area contributed by atoms with Gasteiger partial charge in [-0.05, 0) is 12.5 Å². The van der Waals surface area contributed by atoms with Gasteiger partial charge in [0.2, 0.25) is 0 Å². The van der Waals surface area contributed by atoms with Gasteiger partial charge in [-0.2, -0.15) is 5.10 Å². The molecule has 2 heterocycles. The first kappa shape index (κ1) is 10.6. The lowest BCUT2D eigenvalue weighted by molar-refractivity contribution is 0.228. The van der Waals surface area contributed by atoms with Gasteiger partial charge in [0.1, 0.15) is 0 Å². The van der Waals surface area contributed by atoms with E-state index < -0.39 is 0 Å². The number of piperazine rings is 1. The van der Waals surface area contributed by atoms with Gasteiger partial charge >= 0.3 is 0 Å². The van der Waals surface area contributed by atoms with E-state index in [0.717, 1.165) is 39.1 Å². The summed E-state index contributed by atoms with van der Waals surface area (Å²) in [5.74, 6) is 0. The molecule has 1 aliphatic rings. The van der Waals surface area contributed by atoms with Gasteiger partial charge in [0.25, 0.3) is 0 Å². The normalized spacial score (nSPS) is 18.3. The molecule has 0 bridgehead atoms. The molecule has 0 radical (unpaired) electrons. The van der Waals surface area contributed by atoms with Crippen molar-refractivity contribution >= 4 is 0 Å². The molecule has 0 amide bonds. The minimum atomic E-state index is 1.02. The van der Waals surface area contributed by atoms with E-state index in [9.17, 15) is 0 Å². The van der Waals surface area contributed by atoms with Crippen molar-refractivity contribution in [1.29, 1.82) is 0 Å². The maximum atomic E-state index is 4.47. The van der Waals surface area contributed by atoms with Gasteiger partial charge in [-0.25, -0.2) is 0 Å². The molecule has 1 aromatic heterocycles. The SMILES string of the molecule is CCc1cc(CN2CCNCC2)n(C)n1. The van der Waals surface area contributed by atoms with E-state index >= 15 is 0 Å². The molecule has 1 aliphatic heterocycles. The molecule has 0 atom stereocenters. The van der Waals surface area contributed by atoms with Crippen LogP contribution in [0.3, 0.4) is 0 Å². The second kappa shape index (κ2) is 4.77. The van der Waals surface area contributed by atoms with Crippen LogP contribution in [-0.4, -0.2) is 40.9 Å². The Morgan fingerprint density at radius 1 is 1.40 bits per heavy atom. The maximum Gasteiger partial charge on any atom is 0.0625 e. The highest BCUT2D eigenvalue weighted by molar-refractivity contribution is 5.10. The van der Waals surface area contributed by atoms with Crippen molar-refractivity contribution < 1.29 is 0 Å². The Labute approximate surface area is 91.3 Å². The molecule has 1 fully saturated rings.